The minimum Gasteiger partial charge on any atom is -0.348 e. The third-order valence-electron chi connectivity index (χ3n) is 5.91. The van der Waals surface area contributed by atoms with Crippen molar-refractivity contribution in [3.8, 4) is 0 Å². The molecule has 2 aromatic rings. The van der Waals surface area contributed by atoms with E-state index in [1.807, 2.05) is 26.0 Å². The maximum Gasteiger partial charge on any atom is 0.313 e. The molecule has 1 aliphatic rings. The van der Waals surface area contributed by atoms with Crippen molar-refractivity contribution >= 4 is 27.5 Å². The average molecular weight is 476 g/mol. The fraction of sp³-hybridized carbons (Fsp3) is 0.417. The largest absolute Gasteiger partial charge is 0.348 e. The molecular weight excluding hydrogens is 445 g/mol. The van der Waals surface area contributed by atoms with E-state index in [4.69, 9.17) is 0 Å². The van der Waals surface area contributed by atoms with Gasteiger partial charge in [0, 0.05) is 24.8 Å². The highest BCUT2D eigenvalue weighted by Crippen LogP contribution is 2.28. The van der Waals surface area contributed by atoms with Crippen molar-refractivity contribution in [3.05, 3.63) is 58.9 Å². The van der Waals surface area contributed by atoms with Gasteiger partial charge in [0.1, 0.15) is 5.82 Å². The van der Waals surface area contributed by atoms with Gasteiger partial charge in [0.15, 0.2) is 0 Å². The third-order valence-corrected chi connectivity index (χ3v) is 8.02. The van der Waals surface area contributed by atoms with Gasteiger partial charge in [-0.05, 0) is 81.0 Å². The summed E-state index contributed by atoms with van der Waals surface area (Å²) in [5.74, 6) is -2.02. The number of piperidine rings is 1. The molecule has 1 unspecified atom stereocenters. The van der Waals surface area contributed by atoms with E-state index in [2.05, 4.69) is 10.6 Å². The summed E-state index contributed by atoms with van der Waals surface area (Å²) < 4.78 is 41.4. The Balaban J connectivity index is 1.61. The standard InChI is InChI=1S/C24H30FN3O4S/c1-16-7-8-17(2)21(14-16)27-24(30)23(29)26-12-11-20-6-4-5-13-28(20)33(31,32)22-10-9-19(25)15-18(22)3/h7-10,14-15,20H,4-6,11-13H2,1-3H3,(H,26,29)(H,27,30). The molecule has 1 atom stereocenters. The lowest BCUT2D eigenvalue weighted by Crippen LogP contribution is -2.46. The second-order valence-electron chi connectivity index (χ2n) is 8.49. The van der Waals surface area contributed by atoms with Crippen molar-refractivity contribution in [3.63, 3.8) is 0 Å². The van der Waals surface area contributed by atoms with Crippen molar-refractivity contribution in [1.29, 1.82) is 0 Å². The quantitative estimate of drug-likeness (QED) is 0.626. The van der Waals surface area contributed by atoms with Crippen LogP contribution in [-0.4, -0.2) is 43.7 Å². The molecule has 1 aliphatic heterocycles. The van der Waals surface area contributed by atoms with Gasteiger partial charge in [-0.1, -0.05) is 18.6 Å². The molecule has 3 rings (SSSR count). The number of carbonyl (C=O) groups excluding carboxylic acids is 2. The smallest absolute Gasteiger partial charge is 0.313 e. The molecule has 7 nitrogen and oxygen atoms in total. The molecule has 1 heterocycles. The zero-order valence-electron chi connectivity index (χ0n) is 19.2. The summed E-state index contributed by atoms with van der Waals surface area (Å²) in [4.78, 5) is 24.6. The number of rotatable bonds is 6. The number of nitrogens with one attached hydrogen (secondary N) is 2. The second-order valence-corrected chi connectivity index (χ2v) is 10.4. The number of carbonyl (C=O) groups is 2. The number of hydrogen-bond acceptors (Lipinski definition) is 4. The van der Waals surface area contributed by atoms with Crippen molar-refractivity contribution in [2.45, 2.75) is 57.4 Å². The van der Waals surface area contributed by atoms with Crippen molar-refractivity contribution < 1.29 is 22.4 Å². The summed E-state index contributed by atoms with van der Waals surface area (Å²) in [6.07, 6.45) is 2.65. The van der Waals surface area contributed by atoms with Crippen LogP contribution in [0, 0.1) is 26.6 Å². The Morgan fingerprint density at radius 2 is 1.79 bits per heavy atom. The van der Waals surface area contributed by atoms with Crippen molar-refractivity contribution in [1.82, 2.24) is 9.62 Å². The van der Waals surface area contributed by atoms with Gasteiger partial charge in [-0.3, -0.25) is 9.59 Å². The third kappa shape index (κ3) is 5.97. The highest BCUT2D eigenvalue weighted by Gasteiger charge is 2.34. The maximum atomic E-state index is 13.5. The molecule has 2 amide bonds. The Bertz CT molecular complexity index is 1150. The van der Waals surface area contributed by atoms with E-state index in [-0.39, 0.29) is 17.5 Å². The van der Waals surface area contributed by atoms with E-state index in [0.717, 1.165) is 30.0 Å². The molecule has 2 aromatic carbocycles. The SMILES string of the molecule is Cc1ccc(C)c(NC(=O)C(=O)NCCC2CCCCN2S(=O)(=O)c2ccc(F)cc2C)c1. The average Bonchev–Trinajstić information content (AvgIpc) is 2.76. The monoisotopic (exact) mass is 475 g/mol. The molecule has 1 fully saturated rings. The van der Waals surface area contributed by atoms with E-state index >= 15 is 0 Å². The van der Waals surface area contributed by atoms with Gasteiger partial charge in [-0.2, -0.15) is 4.31 Å². The van der Waals surface area contributed by atoms with E-state index in [1.54, 1.807) is 13.0 Å². The Morgan fingerprint density at radius 1 is 1.03 bits per heavy atom. The molecule has 9 heteroatoms. The van der Waals surface area contributed by atoms with Crippen molar-refractivity contribution in [2.75, 3.05) is 18.4 Å². The molecule has 178 valence electrons. The van der Waals surface area contributed by atoms with Gasteiger partial charge in [-0.15, -0.1) is 0 Å². The lowest BCUT2D eigenvalue weighted by molar-refractivity contribution is -0.136. The lowest BCUT2D eigenvalue weighted by atomic mass is 10.0. The second kappa shape index (κ2) is 10.4. The summed E-state index contributed by atoms with van der Waals surface area (Å²) >= 11 is 0. The Morgan fingerprint density at radius 3 is 2.52 bits per heavy atom. The van der Waals surface area contributed by atoms with Crippen LogP contribution < -0.4 is 10.6 Å². The van der Waals surface area contributed by atoms with E-state index in [1.165, 1.54) is 16.4 Å². The zero-order valence-corrected chi connectivity index (χ0v) is 20.0. The Hall–Kier alpha value is -2.78. The van der Waals surface area contributed by atoms with Crippen LogP contribution in [0.4, 0.5) is 10.1 Å². The molecule has 0 bridgehead atoms. The van der Waals surface area contributed by atoms with Crippen LogP contribution >= 0.6 is 0 Å². The van der Waals surface area contributed by atoms with Gasteiger partial charge < -0.3 is 10.6 Å². The van der Waals surface area contributed by atoms with Gasteiger partial charge in [0.05, 0.1) is 4.90 Å². The molecule has 0 radical (unpaired) electrons. The molecule has 0 saturated carbocycles. The van der Waals surface area contributed by atoms with E-state index in [9.17, 15) is 22.4 Å². The molecular formula is C24H30FN3O4S. The van der Waals surface area contributed by atoms with Gasteiger partial charge in [0.2, 0.25) is 10.0 Å². The number of aryl methyl sites for hydroxylation is 3. The van der Waals surface area contributed by atoms with E-state index in [0.29, 0.717) is 30.6 Å². The number of sulfonamides is 1. The summed E-state index contributed by atoms with van der Waals surface area (Å²) in [5.41, 5.74) is 2.75. The fourth-order valence-corrected chi connectivity index (χ4v) is 6.02. The first-order valence-electron chi connectivity index (χ1n) is 11.0. The predicted molar refractivity (Wildman–Crippen MR) is 125 cm³/mol. The van der Waals surface area contributed by atoms with Gasteiger partial charge in [0.25, 0.3) is 0 Å². The van der Waals surface area contributed by atoms with Crippen LogP contribution in [0.5, 0.6) is 0 Å². The molecule has 1 saturated heterocycles. The lowest BCUT2D eigenvalue weighted by Gasteiger charge is -2.35. The van der Waals surface area contributed by atoms with Gasteiger partial charge >= 0.3 is 11.8 Å². The summed E-state index contributed by atoms with van der Waals surface area (Å²) in [6.45, 7) is 5.84. The first kappa shape index (κ1) is 24.9. The topological polar surface area (TPSA) is 95.6 Å². The number of halogens is 1. The van der Waals surface area contributed by atoms with Gasteiger partial charge in [-0.25, -0.2) is 12.8 Å². The van der Waals surface area contributed by atoms with Crippen LogP contribution in [0.3, 0.4) is 0 Å². The van der Waals surface area contributed by atoms with Crippen LogP contribution in [0.25, 0.3) is 0 Å². The highest BCUT2D eigenvalue weighted by atomic mass is 32.2. The number of amides is 2. The van der Waals surface area contributed by atoms with Crippen LogP contribution in [0.2, 0.25) is 0 Å². The molecule has 33 heavy (non-hydrogen) atoms. The molecule has 2 N–H and O–H groups in total. The van der Waals surface area contributed by atoms with Crippen LogP contribution in [0.15, 0.2) is 41.3 Å². The van der Waals surface area contributed by atoms with Crippen LogP contribution in [-0.2, 0) is 19.6 Å². The molecule has 0 aromatic heterocycles. The summed E-state index contributed by atoms with van der Waals surface area (Å²) in [7, 11) is -3.80. The number of hydrogen-bond donors (Lipinski definition) is 2. The van der Waals surface area contributed by atoms with Crippen LogP contribution in [0.1, 0.15) is 42.4 Å². The number of nitrogens with zero attached hydrogens (tertiary/aromatic N) is 1. The number of anilines is 1. The molecule has 0 aliphatic carbocycles. The Kier molecular flexibility index (Phi) is 7.86. The first-order valence-corrected chi connectivity index (χ1v) is 12.5. The van der Waals surface area contributed by atoms with Crippen molar-refractivity contribution in [2.24, 2.45) is 0 Å². The normalized spacial score (nSPS) is 16.9. The van der Waals surface area contributed by atoms with E-state index < -0.39 is 27.7 Å². The summed E-state index contributed by atoms with van der Waals surface area (Å²) in [6, 6.07) is 8.92. The summed E-state index contributed by atoms with van der Waals surface area (Å²) in [5, 5.41) is 5.21. The minimum atomic E-state index is -3.80. The molecule has 0 spiro atoms. The maximum absolute atomic E-state index is 13.5. The first-order chi connectivity index (χ1) is 15.6. The Labute approximate surface area is 194 Å². The zero-order chi connectivity index (χ0) is 24.2. The fourth-order valence-electron chi connectivity index (χ4n) is 4.09. The minimum absolute atomic E-state index is 0.0905. The number of benzene rings is 2. The highest BCUT2D eigenvalue weighted by molar-refractivity contribution is 7.89. The predicted octanol–water partition coefficient (Wildman–Crippen LogP) is 3.44.